The van der Waals surface area contributed by atoms with Gasteiger partial charge in [0, 0.05) is 55.2 Å². The molecule has 7 N–H and O–H groups in total. The first kappa shape index (κ1) is 53.8. The molecule has 24 heteroatoms. The lowest BCUT2D eigenvalue weighted by molar-refractivity contribution is -0.150. The summed E-state index contributed by atoms with van der Waals surface area (Å²) in [6, 6.07) is 10.4. The molecule has 0 saturated heterocycles. The van der Waals surface area contributed by atoms with Crippen LogP contribution in [0.15, 0.2) is 54.6 Å². The Balaban J connectivity index is 0.802. The highest BCUT2D eigenvalue weighted by atomic mass is 32.1. The van der Waals surface area contributed by atoms with Crippen LogP contribution in [0.5, 0.6) is 0 Å². The minimum absolute atomic E-state index is 0.00114. The van der Waals surface area contributed by atoms with Crippen molar-refractivity contribution < 1.29 is 66.8 Å². The minimum Gasteiger partial charge on any atom is -0.460 e. The second kappa shape index (κ2) is 24.2. The molecule has 4 atom stereocenters. The van der Waals surface area contributed by atoms with Crippen LogP contribution in [-0.2, 0) is 83.3 Å². The number of aromatic nitrogens is 2. The van der Waals surface area contributed by atoms with Crippen molar-refractivity contribution in [2.45, 2.75) is 70.0 Å². The van der Waals surface area contributed by atoms with Crippen molar-refractivity contribution in [2.75, 3.05) is 66.4 Å². The predicted molar refractivity (Wildman–Crippen MR) is 266 cm³/mol. The summed E-state index contributed by atoms with van der Waals surface area (Å²) in [6.07, 6.45) is 2.44. The molecule has 396 valence electrons. The van der Waals surface area contributed by atoms with Gasteiger partial charge in [0.1, 0.15) is 48.6 Å². The molecule has 3 aliphatic heterocycles. The van der Waals surface area contributed by atoms with Gasteiger partial charge in [0.05, 0.1) is 68.9 Å². The number of pyridine rings is 2. The van der Waals surface area contributed by atoms with E-state index in [0.717, 1.165) is 22.1 Å². The van der Waals surface area contributed by atoms with Gasteiger partial charge in [-0.2, -0.15) is 0 Å². The number of methoxy groups -OCH3 is 1. The number of fused-ring (bicyclic) bond motifs is 5. The number of hydrogen-bond donors (Lipinski definition) is 7. The van der Waals surface area contributed by atoms with Gasteiger partial charge < -0.3 is 65.4 Å². The summed E-state index contributed by atoms with van der Waals surface area (Å²) >= 11 is 5.96. The van der Waals surface area contributed by atoms with Gasteiger partial charge >= 0.3 is 5.97 Å². The normalized spacial score (nSPS) is 17.3. The number of aryl methyl sites for hydroxylation is 1. The minimum atomic E-state index is -1.16. The molecule has 0 fully saturated rings. The van der Waals surface area contributed by atoms with E-state index in [4.69, 9.17) is 36.1 Å². The van der Waals surface area contributed by atoms with Gasteiger partial charge in [0.25, 0.3) is 0 Å². The number of hydrogen-bond acceptors (Lipinski definition) is 15. The maximum Gasteiger partial charge on any atom is 0.316 e. The molecule has 3 unspecified atom stereocenters. The second-order valence-corrected chi connectivity index (χ2v) is 18.6. The van der Waals surface area contributed by atoms with E-state index in [-0.39, 0.29) is 58.5 Å². The molecule has 2 aromatic carbocycles. The number of esters is 1. The zero-order valence-electron chi connectivity index (χ0n) is 41.1. The Morgan fingerprint density at radius 1 is 0.920 bits per heavy atom. The molecule has 1 aliphatic carbocycles. The molecular formula is C51H56FN9O13S. The Morgan fingerprint density at radius 2 is 1.67 bits per heavy atom. The van der Waals surface area contributed by atoms with Crippen molar-refractivity contribution in [3.05, 3.63) is 104 Å². The number of nitrogens with zero attached hydrogens (tertiary/aromatic N) is 3. The van der Waals surface area contributed by atoms with E-state index in [1.165, 1.54) is 30.2 Å². The number of halogens is 1. The zero-order valence-corrected chi connectivity index (χ0v) is 41.9. The lowest BCUT2D eigenvalue weighted by atomic mass is 9.81. The summed E-state index contributed by atoms with van der Waals surface area (Å²) in [5.41, 5.74) is 6.61. The lowest BCUT2D eigenvalue weighted by Crippen LogP contribution is -2.52. The maximum atomic E-state index is 15.4. The highest BCUT2D eigenvalue weighted by Crippen LogP contribution is 2.46. The third kappa shape index (κ3) is 12.5. The largest absolute Gasteiger partial charge is 0.460 e. The van der Waals surface area contributed by atoms with Gasteiger partial charge in [0.2, 0.25) is 41.4 Å². The topological polar surface area (TPSA) is 287 Å². The van der Waals surface area contributed by atoms with Crippen LogP contribution in [0.1, 0.15) is 63.7 Å². The molecule has 7 amide bonds. The number of aliphatic hydroxyl groups is 1. The molecule has 4 aliphatic rings. The van der Waals surface area contributed by atoms with Gasteiger partial charge in [-0.3, -0.25) is 38.4 Å². The van der Waals surface area contributed by atoms with Gasteiger partial charge in [0.15, 0.2) is 0 Å². The molecule has 22 nitrogen and oxygen atoms in total. The standard InChI is InChI=1S/C51H56FN9O13S/c1-27-29-8-9-35(47-31-22-61-38(48(31)59-36(46(29)47)18-34(27)52)17-30-32(50(61)75)24-74-51(70)33(30)23-71-2)57-43(66)25-73-26-56-41(64)20-55-49(69)37(16-28-6-4-3-5-7-28)58-42(65)21-54-40(63)19-53-39(62)12-14-72-15-13-60-44(67)10-11-45(60)68/h3-7,10-11,17-18,33,35,37,44,67H,8-9,12-16,19-26H2,1-2H3,(H,53,62)(H,54,63)(H,55,69)(H,56,64)(H,57,66)(H,58,65)/t33?,35?,37-,44?/m0/s1. The number of ether oxygens (including phenoxy) is 4. The van der Waals surface area contributed by atoms with Crippen molar-refractivity contribution in [3.63, 3.8) is 0 Å². The van der Waals surface area contributed by atoms with Crippen LogP contribution in [0.2, 0.25) is 0 Å². The van der Waals surface area contributed by atoms with Gasteiger partial charge in [-0.1, -0.05) is 42.5 Å². The SMILES string of the molecule is COCC1C(=O)OCc2c1cc1n(c2=S)Cc2c-1nc1cc(F)c(C)c3c1c2C(NC(=O)COCNC(=O)CNC(=O)[C@H](Cc1ccccc1)NC(=O)CNC(=O)CNC(=O)CCOCCN1C(=O)C=CC1O)CC3. The zero-order chi connectivity index (χ0) is 53.3. The molecule has 5 heterocycles. The van der Waals surface area contributed by atoms with Crippen molar-refractivity contribution in [2.24, 2.45) is 0 Å². The molecule has 0 saturated carbocycles. The Hall–Kier alpha value is -7.51. The van der Waals surface area contributed by atoms with Gasteiger partial charge in [-0.05, 0) is 59.7 Å². The van der Waals surface area contributed by atoms with E-state index in [1.807, 2.05) is 10.6 Å². The number of nitrogens with one attached hydrogen (secondary N) is 6. The highest BCUT2D eigenvalue weighted by Gasteiger charge is 2.38. The van der Waals surface area contributed by atoms with Crippen LogP contribution < -0.4 is 31.9 Å². The number of rotatable bonds is 23. The van der Waals surface area contributed by atoms with E-state index in [1.54, 1.807) is 37.3 Å². The Bertz CT molecular complexity index is 3030. The molecule has 0 radical (unpaired) electrons. The number of aliphatic hydroxyl groups excluding tert-OH is 1. The summed E-state index contributed by atoms with van der Waals surface area (Å²) in [7, 11) is 1.50. The van der Waals surface area contributed by atoms with E-state index in [9.17, 15) is 43.5 Å². The maximum absolute atomic E-state index is 15.4. The van der Waals surface area contributed by atoms with Gasteiger partial charge in [-0.25, -0.2) is 9.37 Å². The average molecular weight is 1050 g/mol. The van der Waals surface area contributed by atoms with Crippen LogP contribution in [0.3, 0.4) is 0 Å². The van der Waals surface area contributed by atoms with Crippen molar-refractivity contribution >= 4 is 70.4 Å². The van der Waals surface area contributed by atoms with Crippen molar-refractivity contribution in [3.8, 4) is 11.4 Å². The van der Waals surface area contributed by atoms with Crippen LogP contribution in [0, 0.1) is 17.4 Å². The first-order valence-corrected chi connectivity index (χ1v) is 24.6. The Morgan fingerprint density at radius 3 is 2.43 bits per heavy atom. The summed E-state index contributed by atoms with van der Waals surface area (Å²) < 4.78 is 39.5. The van der Waals surface area contributed by atoms with Crippen LogP contribution in [-0.4, -0.2) is 146 Å². The molecule has 0 spiro atoms. The second-order valence-electron chi connectivity index (χ2n) is 18.2. The summed E-state index contributed by atoms with van der Waals surface area (Å²) in [4.78, 5) is 108. The number of carbonyl (C=O) groups is 8. The Kier molecular flexibility index (Phi) is 17.4. The third-order valence-electron chi connectivity index (χ3n) is 13.3. The predicted octanol–water partition coefficient (Wildman–Crippen LogP) is 0.422. The van der Waals surface area contributed by atoms with Crippen LogP contribution in [0.4, 0.5) is 4.39 Å². The first-order chi connectivity index (χ1) is 36.1. The smallest absolute Gasteiger partial charge is 0.316 e. The molecular weight excluding hydrogens is 998 g/mol. The van der Waals surface area contributed by atoms with E-state index >= 15 is 4.39 Å². The highest BCUT2D eigenvalue weighted by molar-refractivity contribution is 7.71. The summed E-state index contributed by atoms with van der Waals surface area (Å²) in [6.45, 7) is 0.0487. The molecule has 8 rings (SSSR count). The van der Waals surface area contributed by atoms with E-state index in [0.29, 0.717) is 63.2 Å². The third-order valence-corrected chi connectivity index (χ3v) is 13.7. The van der Waals surface area contributed by atoms with Crippen LogP contribution in [0.25, 0.3) is 22.3 Å². The number of carbonyl (C=O) groups excluding carboxylic acids is 8. The first-order valence-electron chi connectivity index (χ1n) is 24.2. The average Bonchev–Trinajstić information content (AvgIpc) is 3.93. The van der Waals surface area contributed by atoms with Crippen molar-refractivity contribution in [1.82, 2.24) is 46.4 Å². The van der Waals surface area contributed by atoms with E-state index in [2.05, 4.69) is 31.9 Å². The van der Waals surface area contributed by atoms with Gasteiger partial charge in [-0.15, -0.1) is 0 Å². The summed E-state index contributed by atoms with van der Waals surface area (Å²) in [5, 5.41) is 25.9. The molecule has 2 aromatic heterocycles. The number of benzene rings is 2. The van der Waals surface area contributed by atoms with Crippen LogP contribution >= 0.6 is 12.2 Å². The number of cyclic esters (lactones) is 1. The van der Waals surface area contributed by atoms with Crippen molar-refractivity contribution in [1.29, 1.82) is 0 Å². The molecule has 4 aromatic rings. The fourth-order valence-electron chi connectivity index (χ4n) is 9.51. The molecule has 75 heavy (non-hydrogen) atoms. The monoisotopic (exact) mass is 1050 g/mol. The quantitative estimate of drug-likeness (QED) is 0.0202. The van der Waals surface area contributed by atoms with E-state index < -0.39 is 97.7 Å². The number of amides is 7. The fraction of sp³-hybridized carbons (Fsp3) is 0.412. The fourth-order valence-corrected chi connectivity index (χ4v) is 9.85. The lowest BCUT2D eigenvalue weighted by Gasteiger charge is -2.29. The molecule has 0 bridgehead atoms. The Labute approximate surface area is 434 Å². The summed E-state index contributed by atoms with van der Waals surface area (Å²) in [5.74, 6) is -5.60.